The molecule has 2 aromatic rings. The van der Waals surface area contributed by atoms with Gasteiger partial charge in [-0.05, 0) is 50.1 Å². The van der Waals surface area contributed by atoms with Crippen molar-refractivity contribution < 1.29 is 9.53 Å². The first kappa shape index (κ1) is 15.7. The number of aromatic nitrogens is 1. The van der Waals surface area contributed by atoms with Gasteiger partial charge in [0.15, 0.2) is 6.61 Å². The molecule has 1 heterocycles. The summed E-state index contributed by atoms with van der Waals surface area (Å²) in [6.45, 7) is 5.63. The Labute approximate surface area is 130 Å². The highest BCUT2D eigenvalue weighted by molar-refractivity contribution is 5.97. The summed E-state index contributed by atoms with van der Waals surface area (Å²) in [5.74, 6) is 0.400. The molecule has 2 rings (SSSR count). The Morgan fingerprint density at radius 3 is 2.82 bits per heavy atom. The zero-order valence-electron chi connectivity index (χ0n) is 13.0. The SMILES string of the molecule is C/C(=N\NC(=O)COc1cc(C)ccc1C)c1ccccn1. The van der Waals surface area contributed by atoms with Crippen LogP contribution < -0.4 is 10.2 Å². The Morgan fingerprint density at radius 2 is 2.09 bits per heavy atom. The zero-order chi connectivity index (χ0) is 15.9. The molecule has 0 aliphatic carbocycles. The van der Waals surface area contributed by atoms with Gasteiger partial charge in [-0.25, -0.2) is 5.43 Å². The molecule has 0 aliphatic heterocycles. The standard InChI is InChI=1S/C17H19N3O2/c1-12-7-8-13(2)16(10-12)22-11-17(21)20-19-14(3)15-6-4-5-9-18-15/h4-10H,11H2,1-3H3,(H,20,21)/b19-14+. The molecule has 0 radical (unpaired) electrons. The topological polar surface area (TPSA) is 63.6 Å². The number of hydrogen-bond donors (Lipinski definition) is 1. The number of ether oxygens (including phenoxy) is 1. The maximum absolute atomic E-state index is 11.8. The number of hydrazone groups is 1. The van der Waals surface area contributed by atoms with Crippen molar-refractivity contribution >= 4 is 11.6 Å². The molecular weight excluding hydrogens is 278 g/mol. The fraction of sp³-hybridized carbons (Fsp3) is 0.235. The molecule has 0 unspecified atom stereocenters. The molecule has 0 saturated carbocycles. The maximum atomic E-state index is 11.8. The van der Waals surface area contributed by atoms with Crippen molar-refractivity contribution in [3.63, 3.8) is 0 Å². The summed E-state index contributed by atoms with van der Waals surface area (Å²) in [4.78, 5) is 15.9. The molecule has 1 aromatic carbocycles. The predicted octanol–water partition coefficient (Wildman–Crippen LogP) is 2.62. The van der Waals surface area contributed by atoms with Gasteiger partial charge in [-0.2, -0.15) is 5.10 Å². The maximum Gasteiger partial charge on any atom is 0.277 e. The number of nitrogens with zero attached hydrogens (tertiary/aromatic N) is 2. The minimum Gasteiger partial charge on any atom is -0.483 e. The summed E-state index contributed by atoms with van der Waals surface area (Å²) in [6.07, 6.45) is 1.68. The van der Waals surface area contributed by atoms with Crippen molar-refractivity contribution in [2.45, 2.75) is 20.8 Å². The molecular formula is C17H19N3O2. The van der Waals surface area contributed by atoms with Gasteiger partial charge >= 0.3 is 0 Å². The van der Waals surface area contributed by atoms with Crippen LogP contribution in [-0.4, -0.2) is 23.2 Å². The third kappa shape index (κ3) is 4.41. The Morgan fingerprint density at radius 1 is 1.27 bits per heavy atom. The van der Waals surface area contributed by atoms with Crippen LogP contribution in [0.25, 0.3) is 0 Å². The normalized spacial score (nSPS) is 11.1. The van der Waals surface area contributed by atoms with Crippen LogP contribution in [0.2, 0.25) is 0 Å². The molecule has 0 aliphatic rings. The number of nitrogens with one attached hydrogen (secondary N) is 1. The minimum atomic E-state index is -0.309. The van der Waals surface area contributed by atoms with Gasteiger partial charge in [0.25, 0.3) is 5.91 Å². The lowest BCUT2D eigenvalue weighted by molar-refractivity contribution is -0.123. The second kappa shape index (κ2) is 7.36. The molecule has 0 saturated heterocycles. The summed E-state index contributed by atoms with van der Waals surface area (Å²) in [7, 11) is 0. The van der Waals surface area contributed by atoms with E-state index in [1.54, 1.807) is 13.1 Å². The van der Waals surface area contributed by atoms with E-state index < -0.39 is 0 Å². The first-order chi connectivity index (χ1) is 10.6. The number of pyridine rings is 1. The number of carbonyl (C=O) groups is 1. The quantitative estimate of drug-likeness (QED) is 0.681. The Hall–Kier alpha value is -2.69. The predicted molar refractivity (Wildman–Crippen MR) is 86.0 cm³/mol. The van der Waals surface area contributed by atoms with Crippen molar-refractivity contribution in [3.8, 4) is 5.75 Å². The first-order valence-corrected chi connectivity index (χ1v) is 7.01. The van der Waals surface area contributed by atoms with Crippen molar-refractivity contribution in [1.29, 1.82) is 0 Å². The number of rotatable bonds is 5. The summed E-state index contributed by atoms with van der Waals surface area (Å²) >= 11 is 0. The number of hydrogen-bond acceptors (Lipinski definition) is 4. The smallest absolute Gasteiger partial charge is 0.277 e. The molecule has 0 atom stereocenters. The van der Waals surface area contributed by atoms with Crippen LogP contribution in [0.5, 0.6) is 5.75 Å². The largest absolute Gasteiger partial charge is 0.483 e. The zero-order valence-corrected chi connectivity index (χ0v) is 13.0. The molecule has 5 heteroatoms. The van der Waals surface area contributed by atoms with Crippen LogP contribution in [0.15, 0.2) is 47.7 Å². The van der Waals surface area contributed by atoms with E-state index in [4.69, 9.17) is 4.74 Å². The average molecular weight is 297 g/mol. The highest BCUT2D eigenvalue weighted by Gasteiger charge is 2.05. The molecule has 1 amide bonds. The lowest BCUT2D eigenvalue weighted by Crippen LogP contribution is -2.25. The number of amides is 1. The van der Waals surface area contributed by atoms with E-state index in [2.05, 4.69) is 15.5 Å². The summed E-state index contributed by atoms with van der Waals surface area (Å²) in [5, 5.41) is 4.02. The molecule has 1 N–H and O–H groups in total. The highest BCUT2D eigenvalue weighted by Crippen LogP contribution is 2.18. The fourth-order valence-electron chi connectivity index (χ4n) is 1.82. The lowest BCUT2D eigenvalue weighted by Gasteiger charge is -2.09. The van der Waals surface area contributed by atoms with Crippen LogP contribution in [-0.2, 0) is 4.79 Å². The van der Waals surface area contributed by atoms with Crippen molar-refractivity contribution in [1.82, 2.24) is 10.4 Å². The van der Waals surface area contributed by atoms with Crippen molar-refractivity contribution in [2.24, 2.45) is 5.10 Å². The van der Waals surface area contributed by atoms with Crippen LogP contribution in [0.4, 0.5) is 0 Å². The number of aryl methyl sites for hydroxylation is 2. The Kier molecular flexibility index (Phi) is 5.25. The Bertz CT molecular complexity index is 682. The van der Waals surface area contributed by atoms with Gasteiger partial charge < -0.3 is 4.74 Å². The molecule has 1 aromatic heterocycles. The van der Waals surface area contributed by atoms with E-state index in [-0.39, 0.29) is 12.5 Å². The Balaban J connectivity index is 1.89. The van der Waals surface area contributed by atoms with E-state index in [0.717, 1.165) is 16.8 Å². The van der Waals surface area contributed by atoms with Gasteiger partial charge in [0, 0.05) is 6.20 Å². The second-order valence-electron chi connectivity index (χ2n) is 5.00. The van der Waals surface area contributed by atoms with Gasteiger partial charge in [-0.3, -0.25) is 9.78 Å². The molecule has 0 bridgehead atoms. The van der Waals surface area contributed by atoms with Gasteiger partial charge in [-0.15, -0.1) is 0 Å². The van der Waals surface area contributed by atoms with E-state index in [0.29, 0.717) is 11.5 Å². The van der Waals surface area contributed by atoms with E-state index in [9.17, 15) is 4.79 Å². The average Bonchev–Trinajstić information content (AvgIpc) is 2.54. The van der Waals surface area contributed by atoms with Gasteiger partial charge in [0.05, 0.1) is 11.4 Å². The lowest BCUT2D eigenvalue weighted by atomic mass is 10.1. The molecule has 114 valence electrons. The van der Waals surface area contributed by atoms with Gasteiger partial charge in [0.2, 0.25) is 0 Å². The molecule has 0 fully saturated rings. The van der Waals surface area contributed by atoms with Gasteiger partial charge in [-0.1, -0.05) is 18.2 Å². The van der Waals surface area contributed by atoms with E-state index in [1.165, 1.54) is 0 Å². The summed E-state index contributed by atoms with van der Waals surface area (Å²) in [6, 6.07) is 11.4. The van der Waals surface area contributed by atoms with Crippen LogP contribution >= 0.6 is 0 Å². The summed E-state index contributed by atoms with van der Waals surface area (Å²) in [5.41, 5.74) is 5.91. The summed E-state index contributed by atoms with van der Waals surface area (Å²) < 4.78 is 5.52. The molecule has 0 spiro atoms. The van der Waals surface area contributed by atoms with E-state index >= 15 is 0 Å². The van der Waals surface area contributed by atoms with Crippen LogP contribution in [0.1, 0.15) is 23.7 Å². The number of benzene rings is 1. The third-order valence-electron chi connectivity index (χ3n) is 3.09. The van der Waals surface area contributed by atoms with Crippen LogP contribution in [0.3, 0.4) is 0 Å². The third-order valence-corrected chi connectivity index (χ3v) is 3.09. The van der Waals surface area contributed by atoms with E-state index in [1.807, 2.05) is 50.2 Å². The van der Waals surface area contributed by atoms with Crippen LogP contribution in [0, 0.1) is 13.8 Å². The molecule has 22 heavy (non-hydrogen) atoms. The van der Waals surface area contributed by atoms with Gasteiger partial charge in [0.1, 0.15) is 5.75 Å². The number of carbonyl (C=O) groups excluding carboxylic acids is 1. The minimum absolute atomic E-state index is 0.0801. The van der Waals surface area contributed by atoms with Crippen molar-refractivity contribution in [3.05, 3.63) is 59.4 Å². The highest BCUT2D eigenvalue weighted by atomic mass is 16.5. The fourth-order valence-corrected chi connectivity index (χ4v) is 1.82. The first-order valence-electron chi connectivity index (χ1n) is 7.01. The molecule has 5 nitrogen and oxygen atoms in total. The monoisotopic (exact) mass is 297 g/mol. The second-order valence-corrected chi connectivity index (χ2v) is 5.00. The van der Waals surface area contributed by atoms with Crippen molar-refractivity contribution in [2.75, 3.05) is 6.61 Å².